The lowest BCUT2D eigenvalue weighted by Gasteiger charge is -2.31. The number of nitrogens with one attached hydrogen (secondary N) is 1. The maximum absolute atomic E-state index is 12.4. The van der Waals surface area contributed by atoms with Gasteiger partial charge in [0, 0.05) is 19.7 Å². The highest BCUT2D eigenvalue weighted by Gasteiger charge is 2.28. The lowest BCUT2D eigenvalue weighted by molar-refractivity contribution is -0.147. The first kappa shape index (κ1) is 17.5. The summed E-state index contributed by atoms with van der Waals surface area (Å²) in [5, 5.41) is 12.1. The molecule has 1 aliphatic rings. The van der Waals surface area contributed by atoms with E-state index in [0.717, 1.165) is 31.2 Å². The molecule has 2 N–H and O–H groups in total. The first-order valence-corrected chi connectivity index (χ1v) is 8.41. The van der Waals surface area contributed by atoms with Gasteiger partial charge in [0.05, 0.1) is 6.04 Å². The fourth-order valence-corrected chi connectivity index (χ4v) is 3.06. The predicted octanol–water partition coefficient (Wildman–Crippen LogP) is 1.87. The Bertz CT molecular complexity index is 518. The lowest BCUT2D eigenvalue weighted by atomic mass is 9.99. The van der Waals surface area contributed by atoms with Crippen molar-refractivity contribution < 1.29 is 14.7 Å². The van der Waals surface area contributed by atoms with E-state index < -0.39 is 11.8 Å². The zero-order chi connectivity index (χ0) is 16.7. The van der Waals surface area contributed by atoms with Crippen molar-refractivity contribution in [3.8, 4) is 0 Å². The van der Waals surface area contributed by atoms with Gasteiger partial charge in [0.25, 0.3) is 0 Å². The van der Waals surface area contributed by atoms with Gasteiger partial charge in [-0.25, -0.2) is 0 Å². The van der Waals surface area contributed by atoms with Crippen LogP contribution in [-0.2, 0) is 9.59 Å². The van der Waals surface area contributed by atoms with Crippen LogP contribution in [0.15, 0.2) is 30.3 Å². The summed E-state index contributed by atoms with van der Waals surface area (Å²) in [6.07, 6.45) is 3.46. The number of nitrogens with zero attached hydrogens (tertiary/aromatic N) is 1. The Hall–Kier alpha value is -1.88. The van der Waals surface area contributed by atoms with Crippen LogP contribution in [0.5, 0.6) is 0 Å². The fourth-order valence-electron chi connectivity index (χ4n) is 3.06. The summed E-state index contributed by atoms with van der Waals surface area (Å²) in [7, 11) is 0. The van der Waals surface area contributed by atoms with Gasteiger partial charge in [0.15, 0.2) is 0 Å². The Morgan fingerprint density at radius 1 is 1.35 bits per heavy atom. The van der Waals surface area contributed by atoms with Crippen molar-refractivity contribution in [2.75, 3.05) is 19.7 Å². The molecule has 2 atom stereocenters. The number of amides is 2. The van der Waals surface area contributed by atoms with E-state index in [1.165, 1.54) is 0 Å². The molecule has 0 aromatic heterocycles. The van der Waals surface area contributed by atoms with E-state index in [1.54, 1.807) is 4.90 Å². The van der Waals surface area contributed by atoms with Gasteiger partial charge in [0.2, 0.25) is 0 Å². The van der Waals surface area contributed by atoms with Gasteiger partial charge in [-0.05, 0) is 30.7 Å². The number of aliphatic hydroxyl groups excluding tert-OH is 1. The normalized spacial score (nSPS) is 19.2. The van der Waals surface area contributed by atoms with Crippen molar-refractivity contribution in [1.29, 1.82) is 0 Å². The largest absolute Gasteiger partial charge is 0.396 e. The van der Waals surface area contributed by atoms with Crippen molar-refractivity contribution in [2.45, 2.75) is 38.6 Å². The van der Waals surface area contributed by atoms with Gasteiger partial charge in [-0.15, -0.1) is 0 Å². The van der Waals surface area contributed by atoms with Crippen molar-refractivity contribution in [1.82, 2.24) is 10.2 Å². The van der Waals surface area contributed by atoms with Crippen LogP contribution in [0.3, 0.4) is 0 Å². The summed E-state index contributed by atoms with van der Waals surface area (Å²) in [4.78, 5) is 26.3. The third-order valence-electron chi connectivity index (χ3n) is 4.34. The third kappa shape index (κ3) is 4.79. The van der Waals surface area contributed by atoms with E-state index in [4.69, 9.17) is 0 Å². The van der Waals surface area contributed by atoms with Crippen molar-refractivity contribution >= 4 is 11.8 Å². The van der Waals surface area contributed by atoms with E-state index in [2.05, 4.69) is 12.2 Å². The molecule has 1 aliphatic heterocycles. The summed E-state index contributed by atoms with van der Waals surface area (Å²) in [6.45, 7) is 3.17. The standard InChI is InChI=1S/C18H26N2O3/c1-2-7-16(15-9-4-3-5-10-15)19-17(22)18(23)20-11-6-8-14(12-20)13-21/h3-5,9-10,14,16,21H,2,6-8,11-13H2,1H3,(H,19,22)/t14-,16-/m0/s1. The highest BCUT2D eigenvalue weighted by atomic mass is 16.3. The first-order chi connectivity index (χ1) is 11.2. The maximum atomic E-state index is 12.4. The summed E-state index contributed by atoms with van der Waals surface area (Å²) in [5.74, 6) is -0.952. The quantitative estimate of drug-likeness (QED) is 0.814. The lowest BCUT2D eigenvalue weighted by Crippen LogP contribution is -2.48. The number of likely N-dealkylation sites (tertiary alicyclic amines) is 1. The minimum atomic E-state index is -0.550. The molecule has 1 saturated heterocycles. The van der Waals surface area contributed by atoms with E-state index in [-0.39, 0.29) is 18.6 Å². The fraction of sp³-hybridized carbons (Fsp3) is 0.556. The first-order valence-electron chi connectivity index (χ1n) is 8.41. The SMILES string of the molecule is CCC[C@H](NC(=O)C(=O)N1CCC[C@H](CO)C1)c1ccccc1. The van der Waals surface area contributed by atoms with Crippen LogP contribution in [0.25, 0.3) is 0 Å². The van der Waals surface area contributed by atoms with Crippen LogP contribution in [-0.4, -0.2) is 41.5 Å². The zero-order valence-corrected chi connectivity index (χ0v) is 13.7. The average Bonchev–Trinajstić information content (AvgIpc) is 2.61. The Morgan fingerprint density at radius 2 is 2.09 bits per heavy atom. The van der Waals surface area contributed by atoms with Gasteiger partial charge in [-0.3, -0.25) is 9.59 Å². The van der Waals surface area contributed by atoms with E-state index in [9.17, 15) is 14.7 Å². The van der Waals surface area contributed by atoms with Crippen LogP contribution < -0.4 is 5.32 Å². The minimum absolute atomic E-state index is 0.0634. The molecule has 2 amide bonds. The molecular weight excluding hydrogens is 292 g/mol. The number of piperidine rings is 1. The molecule has 0 unspecified atom stereocenters. The highest BCUT2D eigenvalue weighted by molar-refractivity contribution is 6.35. The van der Waals surface area contributed by atoms with Gasteiger partial charge in [-0.2, -0.15) is 0 Å². The molecule has 0 bridgehead atoms. The molecule has 0 saturated carbocycles. The number of aliphatic hydroxyl groups is 1. The molecule has 23 heavy (non-hydrogen) atoms. The Kier molecular flexibility index (Phi) is 6.59. The number of carbonyl (C=O) groups is 2. The molecule has 1 heterocycles. The number of hydrogen-bond donors (Lipinski definition) is 2. The Balaban J connectivity index is 1.99. The van der Waals surface area contributed by atoms with Gasteiger partial charge in [-0.1, -0.05) is 43.7 Å². The second-order valence-electron chi connectivity index (χ2n) is 6.17. The summed E-state index contributed by atoms with van der Waals surface area (Å²) >= 11 is 0. The zero-order valence-electron chi connectivity index (χ0n) is 13.7. The Labute approximate surface area is 137 Å². The highest BCUT2D eigenvalue weighted by Crippen LogP contribution is 2.19. The van der Waals surface area contributed by atoms with Crippen molar-refractivity contribution in [3.63, 3.8) is 0 Å². The maximum Gasteiger partial charge on any atom is 0.311 e. The predicted molar refractivity (Wildman–Crippen MR) is 88.6 cm³/mol. The van der Waals surface area contributed by atoms with Crippen LogP contribution in [0, 0.1) is 5.92 Å². The molecule has 126 valence electrons. The molecule has 5 nitrogen and oxygen atoms in total. The molecule has 1 aromatic carbocycles. The number of rotatable bonds is 5. The van der Waals surface area contributed by atoms with Crippen LogP contribution >= 0.6 is 0 Å². The minimum Gasteiger partial charge on any atom is -0.396 e. The van der Waals surface area contributed by atoms with Gasteiger partial charge in [0.1, 0.15) is 0 Å². The second-order valence-corrected chi connectivity index (χ2v) is 6.17. The topological polar surface area (TPSA) is 69.6 Å². The van der Waals surface area contributed by atoms with E-state index in [1.807, 2.05) is 30.3 Å². The third-order valence-corrected chi connectivity index (χ3v) is 4.34. The molecule has 2 rings (SSSR count). The van der Waals surface area contributed by atoms with Gasteiger partial charge >= 0.3 is 11.8 Å². The number of hydrogen-bond acceptors (Lipinski definition) is 3. The average molecular weight is 318 g/mol. The molecule has 0 spiro atoms. The van der Waals surface area contributed by atoms with Crippen molar-refractivity contribution in [2.24, 2.45) is 5.92 Å². The van der Waals surface area contributed by atoms with Crippen LogP contribution in [0.4, 0.5) is 0 Å². The summed E-state index contributed by atoms with van der Waals surface area (Å²) in [5.41, 5.74) is 1.02. The molecular formula is C18H26N2O3. The summed E-state index contributed by atoms with van der Waals surface area (Å²) in [6, 6.07) is 9.59. The number of carbonyl (C=O) groups excluding carboxylic acids is 2. The smallest absolute Gasteiger partial charge is 0.311 e. The van der Waals surface area contributed by atoms with Crippen LogP contribution in [0.1, 0.15) is 44.2 Å². The molecule has 5 heteroatoms. The monoisotopic (exact) mass is 318 g/mol. The summed E-state index contributed by atoms with van der Waals surface area (Å²) < 4.78 is 0. The van der Waals surface area contributed by atoms with E-state index >= 15 is 0 Å². The molecule has 1 aromatic rings. The van der Waals surface area contributed by atoms with E-state index in [0.29, 0.717) is 13.1 Å². The van der Waals surface area contributed by atoms with Crippen LogP contribution in [0.2, 0.25) is 0 Å². The molecule has 0 radical (unpaired) electrons. The number of benzene rings is 1. The molecule has 1 fully saturated rings. The van der Waals surface area contributed by atoms with Gasteiger partial charge < -0.3 is 15.3 Å². The van der Waals surface area contributed by atoms with Crippen molar-refractivity contribution in [3.05, 3.63) is 35.9 Å². The molecule has 0 aliphatic carbocycles. The second kappa shape index (κ2) is 8.67. The Morgan fingerprint density at radius 3 is 2.74 bits per heavy atom.